The lowest BCUT2D eigenvalue weighted by molar-refractivity contribution is -0.141. The number of hydrogen-bond acceptors (Lipinski definition) is 5. The van der Waals surface area contributed by atoms with E-state index in [9.17, 15) is 9.59 Å². The summed E-state index contributed by atoms with van der Waals surface area (Å²) in [6.07, 6.45) is -0.753. The van der Waals surface area contributed by atoms with Gasteiger partial charge >= 0.3 is 11.9 Å². The molecule has 0 fully saturated rings. The molecular formula is C18H18O5. The number of benzene rings is 2. The molecule has 0 saturated carbocycles. The first kappa shape index (κ1) is 16.5. The van der Waals surface area contributed by atoms with Crippen LogP contribution < -0.4 is 9.47 Å². The highest BCUT2D eigenvalue weighted by atomic mass is 16.6. The van der Waals surface area contributed by atoms with Gasteiger partial charge in [-0.05, 0) is 55.8 Å². The van der Waals surface area contributed by atoms with E-state index in [1.807, 2.05) is 25.1 Å². The first-order valence-corrected chi connectivity index (χ1v) is 7.13. The first-order valence-electron chi connectivity index (χ1n) is 7.13. The van der Waals surface area contributed by atoms with E-state index in [0.717, 1.165) is 5.56 Å². The van der Waals surface area contributed by atoms with Gasteiger partial charge < -0.3 is 14.2 Å². The molecule has 1 atom stereocenters. The average Bonchev–Trinajstić information content (AvgIpc) is 2.54. The second-order valence-corrected chi connectivity index (χ2v) is 5.01. The fourth-order valence-corrected chi connectivity index (χ4v) is 1.92. The van der Waals surface area contributed by atoms with Crippen LogP contribution in [0.5, 0.6) is 11.5 Å². The van der Waals surface area contributed by atoms with Crippen LogP contribution in [0.15, 0.2) is 48.5 Å². The maximum atomic E-state index is 12.0. The van der Waals surface area contributed by atoms with Gasteiger partial charge in [0.15, 0.2) is 6.10 Å². The van der Waals surface area contributed by atoms with E-state index in [1.54, 1.807) is 13.0 Å². The third-order valence-corrected chi connectivity index (χ3v) is 3.13. The summed E-state index contributed by atoms with van der Waals surface area (Å²) in [7, 11) is 1.31. The van der Waals surface area contributed by atoms with E-state index in [4.69, 9.17) is 9.47 Å². The molecule has 0 saturated heterocycles. The number of ether oxygens (including phenoxy) is 3. The van der Waals surface area contributed by atoms with Gasteiger partial charge in [-0.3, -0.25) is 0 Å². The van der Waals surface area contributed by atoms with E-state index < -0.39 is 18.0 Å². The van der Waals surface area contributed by atoms with Crippen molar-refractivity contribution in [1.29, 1.82) is 0 Å². The molecule has 0 aliphatic heterocycles. The van der Waals surface area contributed by atoms with Gasteiger partial charge in [-0.15, -0.1) is 0 Å². The molecule has 2 aromatic carbocycles. The zero-order valence-corrected chi connectivity index (χ0v) is 13.2. The molecule has 0 heterocycles. The molecule has 0 N–H and O–H groups in total. The molecule has 5 heteroatoms. The summed E-state index contributed by atoms with van der Waals surface area (Å²) in [6, 6.07) is 13.5. The summed E-state index contributed by atoms with van der Waals surface area (Å²) in [5, 5.41) is 0. The van der Waals surface area contributed by atoms with Crippen LogP contribution in [0.2, 0.25) is 0 Å². The quantitative estimate of drug-likeness (QED) is 0.626. The molecule has 0 spiro atoms. The van der Waals surface area contributed by atoms with Gasteiger partial charge in [0.2, 0.25) is 0 Å². The maximum Gasteiger partial charge on any atom is 0.352 e. The van der Waals surface area contributed by atoms with Crippen LogP contribution in [0, 0.1) is 6.92 Å². The summed E-state index contributed by atoms with van der Waals surface area (Å²) >= 11 is 0. The average molecular weight is 314 g/mol. The Kier molecular flexibility index (Phi) is 5.36. The summed E-state index contributed by atoms with van der Waals surface area (Å²) in [4.78, 5) is 23.4. The molecule has 120 valence electrons. The summed E-state index contributed by atoms with van der Waals surface area (Å²) in [6.45, 7) is 3.56. The SMILES string of the molecule is COC(=O)c1ccc(OC(=O)C(C)Oc2cccc(C)c2)cc1. The smallest absolute Gasteiger partial charge is 0.352 e. The van der Waals surface area contributed by atoms with Gasteiger partial charge in [0.25, 0.3) is 0 Å². The van der Waals surface area contributed by atoms with Gasteiger partial charge in [-0.2, -0.15) is 0 Å². The topological polar surface area (TPSA) is 61.8 Å². The van der Waals surface area contributed by atoms with Gasteiger partial charge in [-0.1, -0.05) is 12.1 Å². The number of aryl methyl sites for hydroxylation is 1. The molecule has 0 aromatic heterocycles. The molecule has 2 aromatic rings. The highest BCUT2D eigenvalue weighted by molar-refractivity contribution is 5.89. The van der Waals surface area contributed by atoms with Crippen LogP contribution in [0.3, 0.4) is 0 Å². The second kappa shape index (κ2) is 7.45. The lowest BCUT2D eigenvalue weighted by Gasteiger charge is -2.14. The van der Waals surface area contributed by atoms with Crippen molar-refractivity contribution in [1.82, 2.24) is 0 Å². The van der Waals surface area contributed by atoms with E-state index in [2.05, 4.69) is 4.74 Å². The van der Waals surface area contributed by atoms with Crippen molar-refractivity contribution in [3.63, 3.8) is 0 Å². The van der Waals surface area contributed by atoms with Gasteiger partial charge in [-0.25, -0.2) is 9.59 Å². The van der Waals surface area contributed by atoms with E-state index in [1.165, 1.54) is 31.4 Å². The van der Waals surface area contributed by atoms with Crippen molar-refractivity contribution in [3.8, 4) is 11.5 Å². The summed E-state index contributed by atoms with van der Waals surface area (Å²) < 4.78 is 15.4. The molecule has 23 heavy (non-hydrogen) atoms. The Morgan fingerprint density at radius 2 is 1.70 bits per heavy atom. The monoisotopic (exact) mass is 314 g/mol. The molecule has 5 nitrogen and oxygen atoms in total. The Morgan fingerprint density at radius 3 is 2.30 bits per heavy atom. The number of esters is 2. The van der Waals surface area contributed by atoms with Gasteiger partial charge in [0.05, 0.1) is 12.7 Å². The highest BCUT2D eigenvalue weighted by Gasteiger charge is 2.17. The van der Waals surface area contributed by atoms with Crippen LogP contribution in [-0.4, -0.2) is 25.2 Å². The predicted molar refractivity (Wildman–Crippen MR) is 84.7 cm³/mol. The molecule has 0 aliphatic carbocycles. The summed E-state index contributed by atoms with van der Waals surface area (Å²) in [5.41, 5.74) is 1.43. The zero-order chi connectivity index (χ0) is 16.8. The predicted octanol–water partition coefficient (Wildman–Crippen LogP) is 3.15. The Labute approximate surface area is 134 Å². The number of hydrogen-bond donors (Lipinski definition) is 0. The van der Waals surface area contributed by atoms with Gasteiger partial charge in [0.1, 0.15) is 11.5 Å². The maximum absolute atomic E-state index is 12.0. The Hall–Kier alpha value is -2.82. The van der Waals surface area contributed by atoms with Crippen LogP contribution >= 0.6 is 0 Å². The Bertz CT molecular complexity index is 691. The van der Waals surface area contributed by atoms with Crippen LogP contribution in [-0.2, 0) is 9.53 Å². The third-order valence-electron chi connectivity index (χ3n) is 3.13. The lowest BCUT2D eigenvalue weighted by Crippen LogP contribution is -2.28. The van der Waals surface area contributed by atoms with Crippen LogP contribution in [0.4, 0.5) is 0 Å². The first-order chi connectivity index (χ1) is 11.0. The van der Waals surface area contributed by atoms with Crippen LogP contribution in [0.25, 0.3) is 0 Å². The van der Waals surface area contributed by atoms with Crippen molar-refractivity contribution in [2.75, 3.05) is 7.11 Å². The second-order valence-electron chi connectivity index (χ2n) is 5.01. The van der Waals surface area contributed by atoms with Crippen LogP contribution in [0.1, 0.15) is 22.8 Å². The molecule has 0 radical (unpaired) electrons. The number of methoxy groups -OCH3 is 1. The number of rotatable bonds is 5. The van der Waals surface area contributed by atoms with Crippen molar-refractivity contribution in [2.45, 2.75) is 20.0 Å². The third kappa shape index (κ3) is 4.57. The Morgan fingerprint density at radius 1 is 1.00 bits per heavy atom. The minimum Gasteiger partial charge on any atom is -0.479 e. The van der Waals surface area contributed by atoms with Crippen molar-refractivity contribution >= 4 is 11.9 Å². The summed E-state index contributed by atoms with van der Waals surface area (Å²) in [5.74, 6) is -0.0193. The van der Waals surface area contributed by atoms with Gasteiger partial charge in [0, 0.05) is 0 Å². The zero-order valence-electron chi connectivity index (χ0n) is 13.2. The van der Waals surface area contributed by atoms with E-state index in [-0.39, 0.29) is 0 Å². The molecular weight excluding hydrogens is 296 g/mol. The fraction of sp³-hybridized carbons (Fsp3) is 0.222. The van der Waals surface area contributed by atoms with E-state index >= 15 is 0 Å². The van der Waals surface area contributed by atoms with E-state index in [0.29, 0.717) is 17.1 Å². The molecule has 0 amide bonds. The lowest BCUT2D eigenvalue weighted by atomic mass is 10.2. The number of carbonyl (C=O) groups excluding carboxylic acids is 2. The minimum absolute atomic E-state index is 0.336. The number of carbonyl (C=O) groups is 2. The molecule has 1 unspecified atom stereocenters. The standard InChI is InChI=1S/C18H18O5/c1-12-5-4-6-16(11-12)22-13(2)17(19)23-15-9-7-14(8-10-15)18(20)21-3/h4-11,13H,1-3H3. The van der Waals surface area contributed by atoms with Crippen molar-refractivity contribution < 1.29 is 23.8 Å². The molecule has 2 rings (SSSR count). The largest absolute Gasteiger partial charge is 0.479 e. The van der Waals surface area contributed by atoms with Crippen molar-refractivity contribution in [3.05, 3.63) is 59.7 Å². The normalized spacial score (nSPS) is 11.4. The fourth-order valence-electron chi connectivity index (χ4n) is 1.92. The van der Waals surface area contributed by atoms with Crippen molar-refractivity contribution in [2.24, 2.45) is 0 Å². The molecule has 0 aliphatic rings. The minimum atomic E-state index is -0.753. The molecule has 0 bridgehead atoms. The Balaban J connectivity index is 1.96. The highest BCUT2D eigenvalue weighted by Crippen LogP contribution is 2.17.